The third kappa shape index (κ3) is 4.40. The molecular weight excluding hydrogens is 274 g/mol. The van der Waals surface area contributed by atoms with Gasteiger partial charge in [-0.05, 0) is 35.6 Å². The van der Waals surface area contributed by atoms with Crippen LogP contribution in [0, 0.1) is 6.92 Å². The minimum Gasteiger partial charge on any atom is -0.324 e. The molecule has 0 aliphatic rings. The topological polar surface area (TPSA) is 54.0 Å². The summed E-state index contributed by atoms with van der Waals surface area (Å²) in [5.74, 6) is 0.346. The number of aryl methyl sites for hydroxylation is 1. The van der Waals surface area contributed by atoms with Crippen molar-refractivity contribution in [2.24, 2.45) is 0 Å². The SMILES string of the molecule is Cc1cccc(C(C)C)c1NC(=O)CNCc1cccnc1. The van der Waals surface area contributed by atoms with E-state index in [1.54, 1.807) is 12.4 Å². The largest absolute Gasteiger partial charge is 0.324 e. The maximum absolute atomic E-state index is 12.1. The molecule has 0 radical (unpaired) electrons. The summed E-state index contributed by atoms with van der Waals surface area (Å²) >= 11 is 0. The molecule has 0 spiro atoms. The van der Waals surface area contributed by atoms with Crippen molar-refractivity contribution in [3.8, 4) is 0 Å². The van der Waals surface area contributed by atoms with Crippen molar-refractivity contribution < 1.29 is 4.79 Å². The van der Waals surface area contributed by atoms with Crippen LogP contribution in [0.4, 0.5) is 5.69 Å². The highest BCUT2D eigenvalue weighted by Crippen LogP contribution is 2.27. The minimum atomic E-state index is -0.0277. The molecule has 4 nitrogen and oxygen atoms in total. The standard InChI is InChI=1S/C18H23N3O/c1-13(2)16-8-4-6-14(3)18(16)21-17(22)12-20-11-15-7-5-9-19-10-15/h4-10,13,20H,11-12H2,1-3H3,(H,21,22). The molecule has 1 heterocycles. The molecule has 2 aromatic rings. The lowest BCUT2D eigenvalue weighted by molar-refractivity contribution is -0.115. The second-order valence-corrected chi connectivity index (χ2v) is 5.71. The fourth-order valence-electron chi connectivity index (χ4n) is 2.35. The fourth-order valence-corrected chi connectivity index (χ4v) is 2.35. The van der Waals surface area contributed by atoms with Gasteiger partial charge in [0.2, 0.25) is 5.91 Å². The van der Waals surface area contributed by atoms with Gasteiger partial charge in [-0.1, -0.05) is 38.1 Å². The molecule has 0 aliphatic carbocycles. The smallest absolute Gasteiger partial charge is 0.238 e. The molecule has 0 saturated heterocycles. The molecule has 1 aromatic carbocycles. The number of aromatic nitrogens is 1. The first kappa shape index (κ1) is 16.2. The number of carbonyl (C=O) groups excluding carboxylic acids is 1. The second-order valence-electron chi connectivity index (χ2n) is 5.71. The van der Waals surface area contributed by atoms with Gasteiger partial charge in [0.25, 0.3) is 0 Å². The number of nitrogens with one attached hydrogen (secondary N) is 2. The first-order chi connectivity index (χ1) is 10.6. The van der Waals surface area contributed by atoms with Crippen LogP contribution in [0.15, 0.2) is 42.7 Å². The Morgan fingerprint density at radius 1 is 1.23 bits per heavy atom. The molecule has 0 unspecified atom stereocenters. The lowest BCUT2D eigenvalue weighted by atomic mass is 9.98. The van der Waals surface area contributed by atoms with Crippen molar-refractivity contribution in [1.29, 1.82) is 0 Å². The van der Waals surface area contributed by atoms with Crippen LogP contribution >= 0.6 is 0 Å². The van der Waals surface area contributed by atoms with Crippen LogP contribution in [0.1, 0.15) is 36.5 Å². The number of anilines is 1. The van der Waals surface area contributed by atoms with Crippen molar-refractivity contribution in [3.63, 3.8) is 0 Å². The molecule has 0 saturated carbocycles. The molecule has 2 rings (SSSR count). The van der Waals surface area contributed by atoms with Gasteiger partial charge >= 0.3 is 0 Å². The van der Waals surface area contributed by atoms with E-state index < -0.39 is 0 Å². The Bertz CT molecular complexity index is 623. The Morgan fingerprint density at radius 3 is 2.73 bits per heavy atom. The summed E-state index contributed by atoms with van der Waals surface area (Å²) in [5, 5.41) is 6.17. The quantitative estimate of drug-likeness (QED) is 0.860. The van der Waals surface area contributed by atoms with Gasteiger partial charge in [0, 0.05) is 24.6 Å². The number of hydrogen-bond acceptors (Lipinski definition) is 3. The van der Waals surface area contributed by atoms with Crippen LogP contribution in [-0.2, 0) is 11.3 Å². The van der Waals surface area contributed by atoms with Crippen LogP contribution in [0.25, 0.3) is 0 Å². The zero-order chi connectivity index (χ0) is 15.9. The van der Waals surface area contributed by atoms with E-state index in [0.717, 1.165) is 16.8 Å². The average molecular weight is 297 g/mol. The van der Waals surface area contributed by atoms with Crippen molar-refractivity contribution in [1.82, 2.24) is 10.3 Å². The van der Waals surface area contributed by atoms with Crippen LogP contribution in [0.2, 0.25) is 0 Å². The van der Waals surface area contributed by atoms with Crippen LogP contribution in [0.5, 0.6) is 0 Å². The van der Waals surface area contributed by atoms with Crippen LogP contribution in [0.3, 0.4) is 0 Å². The molecule has 0 bridgehead atoms. The molecule has 116 valence electrons. The zero-order valence-electron chi connectivity index (χ0n) is 13.4. The van der Waals surface area contributed by atoms with Crippen molar-refractivity contribution in [2.75, 3.05) is 11.9 Å². The highest BCUT2D eigenvalue weighted by atomic mass is 16.1. The second kappa shape index (κ2) is 7.71. The van der Waals surface area contributed by atoms with E-state index in [9.17, 15) is 4.79 Å². The van der Waals surface area contributed by atoms with E-state index in [2.05, 4.69) is 35.5 Å². The summed E-state index contributed by atoms with van der Waals surface area (Å²) < 4.78 is 0. The van der Waals surface area contributed by atoms with E-state index in [4.69, 9.17) is 0 Å². The molecular formula is C18H23N3O. The monoisotopic (exact) mass is 297 g/mol. The Morgan fingerprint density at radius 2 is 2.05 bits per heavy atom. The van der Waals surface area contributed by atoms with Gasteiger partial charge in [-0.2, -0.15) is 0 Å². The maximum atomic E-state index is 12.1. The van der Waals surface area contributed by atoms with Gasteiger partial charge in [-0.3, -0.25) is 9.78 Å². The van der Waals surface area contributed by atoms with Gasteiger partial charge in [0.1, 0.15) is 0 Å². The fraction of sp³-hybridized carbons (Fsp3) is 0.333. The van der Waals surface area contributed by atoms with E-state index >= 15 is 0 Å². The number of amides is 1. The van der Waals surface area contributed by atoms with Crippen LogP contribution < -0.4 is 10.6 Å². The Balaban J connectivity index is 1.92. The van der Waals surface area contributed by atoms with Gasteiger partial charge < -0.3 is 10.6 Å². The predicted molar refractivity (Wildman–Crippen MR) is 89.8 cm³/mol. The summed E-state index contributed by atoms with van der Waals surface area (Å²) in [5.41, 5.74) is 4.26. The third-order valence-electron chi connectivity index (χ3n) is 3.53. The molecule has 22 heavy (non-hydrogen) atoms. The van der Waals surface area contributed by atoms with Crippen molar-refractivity contribution in [2.45, 2.75) is 33.2 Å². The molecule has 0 fully saturated rings. The number of hydrogen-bond donors (Lipinski definition) is 2. The summed E-state index contributed by atoms with van der Waals surface area (Å²) in [7, 11) is 0. The van der Waals surface area contributed by atoms with Crippen molar-refractivity contribution >= 4 is 11.6 Å². The van der Waals surface area contributed by atoms with E-state index in [0.29, 0.717) is 12.5 Å². The van der Waals surface area contributed by atoms with E-state index in [-0.39, 0.29) is 12.5 Å². The summed E-state index contributed by atoms with van der Waals surface area (Å²) in [6.07, 6.45) is 3.53. The lowest BCUT2D eigenvalue weighted by Gasteiger charge is -2.16. The summed E-state index contributed by atoms with van der Waals surface area (Å²) in [6, 6.07) is 9.98. The molecule has 1 amide bonds. The number of para-hydroxylation sites is 1. The Labute approximate surface area is 132 Å². The number of pyridine rings is 1. The van der Waals surface area contributed by atoms with Gasteiger partial charge in [0.15, 0.2) is 0 Å². The summed E-state index contributed by atoms with van der Waals surface area (Å²) in [6.45, 7) is 7.19. The first-order valence-electron chi connectivity index (χ1n) is 7.57. The number of rotatable bonds is 6. The number of benzene rings is 1. The first-order valence-corrected chi connectivity index (χ1v) is 7.57. The maximum Gasteiger partial charge on any atom is 0.238 e. The van der Waals surface area contributed by atoms with Gasteiger partial charge in [-0.25, -0.2) is 0 Å². The normalized spacial score (nSPS) is 10.7. The Hall–Kier alpha value is -2.20. The molecule has 0 aliphatic heterocycles. The van der Waals surface area contributed by atoms with E-state index in [1.165, 1.54) is 5.56 Å². The predicted octanol–water partition coefficient (Wildman–Crippen LogP) is 3.24. The highest BCUT2D eigenvalue weighted by molar-refractivity contribution is 5.93. The average Bonchev–Trinajstić information content (AvgIpc) is 2.50. The number of carbonyl (C=O) groups is 1. The minimum absolute atomic E-state index is 0.0277. The zero-order valence-corrected chi connectivity index (χ0v) is 13.4. The molecule has 2 N–H and O–H groups in total. The Kier molecular flexibility index (Phi) is 5.67. The molecule has 4 heteroatoms. The van der Waals surface area contributed by atoms with Crippen LogP contribution in [-0.4, -0.2) is 17.4 Å². The third-order valence-corrected chi connectivity index (χ3v) is 3.53. The molecule has 0 atom stereocenters. The van der Waals surface area contributed by atoms with Crippen molar-refractivity contribution in [3.05, 3.63) is 59.4 Å². The van der Waals surface area contributed by atoms with Gasteiger partial charge in [0.05, 0.1) is 6.54 Å². The highest BCUT2D eigenvalue weighted by Gasteiger charge is 2.11. The van der Waals surface area contributed by atoms with Gasteiger partial charge in [-0.15, -0.1) is 0 Å². The van der Waals surface area contributed by atoms with E-state index in [1.807, 2.05) is 31.2 Å². The number of nitrogens with zero attached hydrogens (tertiary/aromatic N) is 1. The lowest BCUT2D eigenvalue weighted by Crippen LogP contribution is -2.28. The summed E-state index contributed by atoms with van der Waals surface area (Å²) in [4.78, 5) is 16.2. The molecule has 1 aromatic heterocycles.